The van der Waals surface area contributed by atoms with Gasteiger partial charge in [-0.15, -0.1) is 0 Å². The Bertz CT molecular complexity index is 557. The molecule has 1 aromatic heterocycles. The second-order valence-electron chi connectivity index (χ2n) is 5.28. The highest BCUT2D eigenvalue weighted by molar-refractivity contribution is 7.17. The minimum absolute atomic E-state index is 0.0354. The second-order valence-corrected chi connectivity index (χ2v) is 6.28. The summed E-state index contributed by atoms with van der Waals surface area (Å²) in [5, 5.41) is 3.85. The summed E-state index contributed by atoms with van der Waals surface area (Å²) in [5.41, 5.74) is -0.162. The lowest BCUT2D eigenvalue weighted by molar-refractivity contribution is 0.0517. The third-order valence-corrected chi connectivity index (χ3v) is 4.77. The number of carbonyl (C=O) groups is 2. The molecule has 1 aliphatic heterocycles. The highest BCUT2D eigenvalue weighted by Crippen LogP contribution is 2.32. The fourth-order valence-electron chi connectivity index (χ4n) is 2.19. The standard InChI is InChI=1S/C14H20N2O4S/c1-5-19-12(18)10-11(8(2)17)21-13(15-10)16-14(4)6-7-20-9(14)3/h9H,5-7H2,1-4H3,(H,15,16). The number of hydrogen-bond donors (Lipinski definition) is 1. The molecule has 0 radical (unpaired) electrons. The van der Waals surface area contributed by atoms with Gasteiger partial charge in [0.2, 0.25) is 0 Å². The summed E-state index contributed by atoms with van der Waals surface area (Å²) in [5.74, 6) is -0.752. The van der Waals surface area contributed by atoms with Gasteiger partial charge in [-0.1, -0.05) is 11.3 Å². The van der Waals surface area contributed by atoms with Crippen LogP contribution in [-0.2, 0) is 9.47 Å². The molecule has 2 heterocycles. The second kappa shape index (κ2) is 6.11. The first-order chi connectivity index (χ1) is 9.87. The van der Waals surface area contributed by atoms with Gasteiger partial charge in [-0.05, 0) is 27.2 Å². The van der Waals surface area contributed by atoms with E-state index in [1.165, 1.54) is 18.3 Å². The Labute approximate surface area is 127 Å². The van der Waals surface area contributed by atoms with Gasteiger partial charge in [-0.3, -0.25) is 4.79 Å². The van der Waals surface area contributed by atoms with E-state index in [0.29, 0.717) is 16.6 Å². The van der Waals surface area contributed by atoms with Crippen LogP contribution in [0.5, 0.6) is 0 Å². The molecule has 116 valence electrons. The summed E-state index contributed by atoms with van der Waals surface area (Å²) in [6.07, 6.45) is 0.881. The number of Topliss-reactive ketones (excluding diaryl/α,β-unsaturated/α-hetero) is 1. The molecular weight excluding hydrogens is 292 g/mol. The van der Waals surface area contributed by atoms with Crippen molar-refractivity contribution in [3.05, 3.63) is 10.6 Å². The van der Waals surface area contributed by atoms with Crippen molar-refractivity contribution in [3.8, 4) is 0 Å². The quantitative estimate of drug-likeness (QED) is 0.665. The Hall–Kier alpha value is -1.47. The van der Waals surface area contributed by atoms with Crippen LogP contribution >= 0.6 is 11.3 Å². The van der Waals surface area contributed by atoms with Crippen LogP contribution in [0.15, 0.2) is 0 Å². The average molecular weight is 312 g/mol. The normalized spacial score (nSPS) is 24.9. The van der Waals surface area contributed by atoms with Crippen molar-refractivity contribution in [2.24, 2.45) is 0 Å². The van der Waals surface area contributed by atoms with E-state index in [1.54, 1.807) is 6.92 Å². The van der Waals surface area contributed by atoms with E-state index in [9.17, 15) is 9.59 Å². The number of aromatic nitrogens is 1. The number of nitrogens with one attached hydrogen (secondary N) is 1. The predicted molar refractivity (Wildman–Crippen MR) is 80.1 cm³/mol. The van der Waals surface area contributed by atoms with Gasteiger partial charge in [0.1, 0.15) is 4.88 Å². The first-order valence-electron chi connectivity index (χ1n) is 6.96. The molecule has 0 saturated carbocycles. The summed E-state index contributed by atoms with van der Waals surface area (Å²) in [4.78, 5) is 28.1. The fourth-order valence-corrected chi connectivity index (χ4v) is 3.18. The van der Waals surface area contributed by atoms with Crippen molar-refractivity contribution in [1.82, 2.24) is 4.98 Å². The Balaban J connectivity index is 2.27. The molecule has 1 aromatic rings. The third kappa shape index (κ3) is 3.24. The van der Waals surface area contributed by atoms with Crippen LogP contribution in [0, 0.1) is 0 Å². The molecule has 0 aliphatic carbocycles. The molecule has 6 nitrogen and oxygen atoms in total. The largest absolute Gasteiger partial charge is 0.461 e. The maximum absolute atomic E-state index is 11.9. The maximum Gasteiger partial charge on any atom is 0.358 e. The Morgan fingerprint density at radius 3 is 2.81 bits per heavy atom. The zero-order valence-corrected chi connectivity index (χ0v) is 13.5. The van der Waals surface area contributed by atoms with Crippen LogP contribution in [-0.4, -0.2) is 41.6 Å². The summed E-state index contributed by atoms with van der Waals surface area (Å²) >= 11 is 1.18. The number of hydrogen-bond acceptors (Lipinski definition) is 7. The molecule has 1 fully saturated rings. The zero-order valence-electron chi connectivity index (χ0n) is 12.7. The number of thiazole rings is 1. The summed E-state index contributed by atoms with van der Waals surface area (Å²) < 4.78 is 10.5. The van der Waals surface area contributed by atoms with Crippen molar-refractivity contribution < 1.29 is 19.1 Å². The number of carbonyl (C=O) groups excluding carboxylic acids is 2. The first-order valence-corrected chi connectivity index (χ1v) is 7.77. The van der Waals surface area contributed by atoms with Crippen LogP contribution in [0.1, 0.15) is 54.3 Å². The lowest BCUT2D eigenvalue weighted by Crippen LogP contribution is -2.41. The monoisotopic (exact) mass is 312 g/mol. The van der Waals surface area contributed by atoms with Gasteiger partial charge < -0.3 is 14.8 Å². The number of esters is 1. The number of rotatable bonds is 5. The Morgan fingerprint density at radius 2 is 2.29 bits per heavy atom. The highest BCUT2D eigenvalue weighted by atomic mass is 32.1. The third-order valence-electron chi connectivity index (χ3n) is 3.69. The van der Waals surface area contributed by atoms with Gasteiger partial charge in [-0.25, -0.2) is 9.78 Å². The Kier molecular flexibility index (Phi) is 4.63. The number of ether oxygens (including phenoxy) is 2. The highest BCUT2D eigenvalue weighted by Gasteiger charge is 2.38. The molecule has 0 spiro atoms. The SMILES string of the molecule is CCOC(=O)c1nc(NC2(C)CCOC2C)sc1C(C)=O. The van der Waals surface area contributed by atoms with E-state index in [0.717, 1.165) is 6.42 Å². The van der Waals surface area contributed by atoms with Gasteiger partial charge >= 0.3 is 5.97 Å². The molecule has 2 atom stereocenters. The van der Waals surface area contributed by atoms with E-state index in [1.807, 2.05) is 13.8 Å². The lowest BCUT2D eigenvalue weighted by Gasteiger charge is -2.28. The van der Waals surface area contributed by atoms with Crippen molar-refractivity contribution in [1.29, 1.82) is 0 Å². The molecule has 1 N–H and O–H groups in total. The molecule has 7 heteroatoms. The van der Waals surface area contributed by atoms with Gasteiger partial charge in [0.05, 0.1) is 18.2 Å². The molecule has 21 heavy (non-hydrogen) atoms. The maximum atomic E-state index is 11.9. The molecule has 0 amide bonds. The lowest BCUT2D eigenvalue weighted by atomic mass is 9.95. The smallest absolute Gasteiger partial charge is 0.358 e. The topological polar surface area (TPSA) is 77.5 Å². The first kappa shape index (κ1) is 15.9. The Morgan fingerprint density at radius 1 is 1.57 bits per heavy atom. The van der Waals surface area contributed by atoms with Crippen LogP contribution < -0.4 is 5.32 Å². The van der Waals surface area contributed by atoms with E-state index >= 15 is 0 Å². The number of nitrogens with zero attached hydrogens (tertiary/aromatic N) is 1. The molecule has 0 aromatic carbocycles. The molecule has 1 saturated heterocycles. The fraction of sp³-hybridized carbons (Fsp3) is 0.643. The van der Waals surface area contributed by atoms with Crippen LogP contribution in [0.25, 0.3) is 0 Å². The van der Waals surface area contributed by atoms with E-state index in [2.05, 4.69) is 10.3 Å². The van der Waals surface area contributed by atoms with Gasteiger partial charge in [0.25, 0.3) is 0 Å². The average Bonchev–Trinajstić information content (AvgIpc) is 2.95. The van der Waals surface area contributed by atoms with E-state index in [-0.39, 0.29) is 29.7 Å². The van der Waals surface area contributed by atoms with Crippen molar-refractivity contribution in [2.45, 2.75) is 45.8 Å². The molecule has 1 aliphatic rings. The predicted octanol–water partition coefficient (Wildman–Crippen LogP) is 2.50. The van der Waals surface area contributed by atoms with Gasteiger partial charge in [0.15, 0.2) is 16.6 Å². The minimum atomic E-state index is -0.562. The number of anilines is 1. The molecule has 2 unspecified atom stereocenters. The molecule has 2 rings (SSSR count). The van der Waals surface area contributed by atoms with Crippen molar-refractivity contribution in [2.75, 3.05) is 18.5 Å². The van der Waals surface area contributed by atoms with Crippen LogP contribution in [0.3, 0.4) is 0 Å². The summed E-state index contributed by atoms with van der Waals surface area (Å²) in [6.45, 7) is 8.10. The van der Waals surface area contributed by atoms with Gasteiger partial charge in [-0.2, -0.15) is 0 Å². The molecule has 0 bridgehead atoms. The minimum Gasteiger partial charge on any atom is -0.461 e. The van der Waals surface area contributed by atoms with Crippen molar-refractivity contribution in [3.63, 3.8) is 0 Å². The van der Waals surface area contributed by atoms with Crippen LogP contribution in [0.4, 0.5) is 5.13 Å². The van der Waals surface area contributed by atoms with E-state index in [4.69, 9.17) is 9.47 Å². The zero-order chi connectivity index (χ0) is 15.6. The van der Waals surface area contributed by atoms with Gasteiger partial charge in [0, 0.05) is 13.5 Å². The molecular formula is C14H20N2O4S. The van der Waals surface area contributed by atoms with E-state index < -0.39 is 5.97 Å². The summed E-state index contributed by atoms with van der Waals surface area (Å²) in [7, 11) is 0. The van der Waals surface area contributed by atoms with Crippen LogP contribution in [0.2, 0.25) is 0 Å². The summed E-state index contributed by atoms with van der Waals surface area (Å²) in [6, 6.07) is 0. The number of ketones is 1. The van der Waals surface area contributed by atoms with Crippen molar-refractivity contribution >= 4 is 28.2 Å².